The predicted octanol–water partition coefficient (Wildman–Crippen LogP) is 2.89. The molecule has 0 radical (unpaired) electrons. The molecular weight excluding hydrogens is 439 g/mol. The summed E-state index contributed by atoms with van der Waals surface area (Å²) >= 11 is 0. The zero-order valence-corrected chi connectivity index (χ0v) is 18.5. The van der Waals surface area contributed by atoms with Gasteiger partial charge in [-0.3, -0.25) is 4.98 Å². The first-order valence-electron chi connectivity index (χ1n) is 8.91. The number of anilines is 1. The fraction of sp³-hybridized carbons (Fsp3) is 0.105. The van der Waals surface area contributed by atoms with Crippen molar-refractivity contribution in [2.24, 2.45) is 0 Å². The van der Waals surface area contributed by atoms with Crippen LogP contribution in [0.25, 0.3) is 22.7 Å². The van der Waals surface area contributed by atoms with Crippen molar-refractivity contribution in [3.05, 3.63) is 60.9 Å². The van der Waals surface area contributed by atoms with Gasteiger partial charge in [0.1, 0.15) is 4.90 Å². The Morgan fingerprint density at radius 3 is 2.52 bits per heavy atom. The van der Waals surface area contributed by atoms with E-state index in [2.05, 4.69) is 34.5 Å². The second-order valence-electron chi connectivity index (χ2n) is 6.32. The molecular formula is C19H17N6O4PS. The number of pyridine rings is 1. The zero-order valence-electron chi connectivity index (χ0n) is 16.5. The molecule has 1 aromatic carbocycles. The number of aromatic nitrogens is 5. The highest BCUT2D eigenvalue weighted by Gasteiger charge is 2.29. The van der Waals surface area contributed by atoms with Crippen molar-refractivity contribution in [1.29, 1.82) is 0 Å². The Morgan fingerprint density at radius 2 is 1.84 bits per heavy atom. The molecule has 0 aliphatic rings. The van der Waals surface area contributed by atoms with Gasteiger partial charge in [-0.25, -0.2) is 22.5 Å². The molecule has 0 saturated heterocycles. The fourth-order valence-electron chi connectivity index (χ4n) is 2.84. The molecule has 0 fully saturated rings. The SMILES string of the molecule is COc1nc(C)cnc1N(P)S(=O)(=O)c1cccnc1-c1ccc(-c2nnco2)cc1. The molecule has 158 valence electrons. The highest BCUT2D eigenvalue weighted by atomic mass is 32.2. The molecule has 0 aliphatic carbocycles. The molecule has 0 N–H and O–H groups in total. The van der Waals surface area contributed by atoms with Crippen LogP contribution in [-0.4, -0.2) is 40.7 Å². The summed E-state index contributed by atoms with van der Waals surface area (Å²) in [6, 6.07) is 10.0. The minimum atomic E-state index is -4.06. The van der Waals surface area contributed by atoms with E-state index < -0.39 is 10.0 Å². The van der Waals surface area contributed by atoms with Gasteiger partial charge >= 0.3 is 0 Å². The Morgan fingerprint density at radius 1 is 1.10 bits per heavy atom. The van der Waals surface area contributed by atoms with Gasteiger partial charge in [-0.05, 0) is 40.6 Å². The van der Waals surface area contributed by atoms with Crippen molar-refractivity contribution in [2.45, 2.75) is 11.8 Å². The maximum absolute atomic E-state index is 13.4. The number of rotatable bonds is 6. The standard InChI is InChI=1S/C19H17N6O4PS/c1-12-10-21-17(19(23-12)28-2)25(30)31(26,27)15-4-3-9-20-16(15)13-5-7-14(8-6-13)18-24-22-11-29-18/h3-11H,30H2,1-2H3. The van der Waals surface area contributed by atoms with Gasteiger partial charge in [0.05, 0.1) is 24.7 Å². The minimum absolute atomic E-state index is 0.0000293. The molecule has 0 spiro atoms. The first-order valence-corrected chi connectivity index (χ1v) is 10.9. The third-order valence-corrected chi connectivity index (χ3v) is 6.97. The topological polar surface area (TPSA) is 124 Å². The van der Waals surface area contributed by atoms with Gasteiger partial charge in [-0.15, -0.1) is 10.2 Å². The maximum atomic E-state index is 13.4. The number of methoxy groups -OCH3 is 1. The van der Waals surface area contributed by atoms with Crippen LogP contribution in [0, 0.1) is 6.92 Å². The van der Waals surface area contributed by atoms with E-state index in [1.54, 1.807) is 37.3 Å². The normalized spacial score (nSPS) is 11.3. The lowest BCUT2D eigenvalue weighted by Crippen LogP contribution is -2.23. The largest absolute Gasteiger partial charge is 0.478 e. The van der Waals surface area contributed by atoms with Crippen LogP contribution in [-0.2, 0) is 10.0 Å². The molecule has 0 aliphatic heterocycles. The Balaban J connectivity index is 1.76. The van der Waals surface area contributed by atoms with Crippen molar-refractivity contribution >= 4 is 25.2 Å². The van der Waals surface area contributed by atoms with Crippen LogP contribution in [0.2, 0.25) is 0 Å². The van der Waals surface area contributed by atoms with E-state index in [1.807, 2.05) is 0 Å². The lowest BCUT2D eigenvalue weighted by Gasteiger charge is -2.21. The summed E-state index contributed by atoms with van der Waals surface area (Å²) in [6.07, 6.45) is 4.23. The number of ether oxygens (including phenoxy) is 1. The molecule has 1 atom stereocenters. The smallest absolute Gasteiger partial charge is 0.270 e. The van der Waals surface area contributed by atoms with Crippen LogP contribution in [0.4, 0.5) is 5.82 Å². The van der Waals surface area contributed by atoms with Gasteiger partial charge < -0.3 is 9.15 Å². The van der Waals surface area contributed by atoms with Crippen molar-refractivity contribution < 1.29 is 17.6 Å². The molecule has 1 unspecified atom stereocenters. The van der Waals surface area contributed by atoms with Crippen molar-refractivity contribution in [1.82, 2.24) is 25.1 Å². The first-order chi connectivity index (χ1) is 14.9. The second-order valence-corrected chi connectivity index (χ2v) is 8.99. The van der Waals surface area contributed by atoms with E-state index in [4.69, 9.17) is 9.15 Å². The molecule has 0 amide bonds. The van der Waals surface area contributed by atoms with Crippen molar-refractivity contribution in [3.63, 3.8) is 0 Å². The quantitative estimate of drug-likeness (QED) is 0.403. The van der Waals surface area contributed by atoms with Crippen LogP contribution in [0.15, 0.2) is 64.5 Å². The average molecular weight is 456 g/mol. The number of hydrogen-bond acceptors (Lipinski definition) is 9. The first kappa shape index (κ1) is 20.8. The molecule has 3 heterocycles. The van der Waals surface area contributed by atoms with Crippen molar-refractivity contribution in [3.8, 4) is 28.6 Å². The van der Waals surface area contributed by atoms with Gasteiger partial charge in [0.15, 0.2) is 0 Å². The Labute approximate surface area is 180 Å². The van der Waals surface area contributed by atoms with Gasteiger partial charge in [0.2, 0.25) is 18.1 Å². The molecule has 12 heteroatoms. The number of sulfonamides is 1. The molecule has 4 rings (SSSR count). The molecule has 10 nitrogen and oxygen atoms in total. The summed E-state index contributed by atoms with van der Waals surface area (Å²) in [6.45, 7) is 1.73. The molecule has 31 heavy (non-hydrogen) atoms. The Bertz CT molecular complexity index is 1310. The monoisotopic (exact) mass is 456 g/mol. The van der Waals surface area contributed by atoms with Crippen LogP contribution >= 0.6 is 9.39 Å². The van der Waals surface area contributed by atoms with Gasteiger partial charge in [-0.1, -0.05) is 12.1 Å². The molecule has 3 aromatic heterocycles. The summed E-state index contributed by atoms with van der Waals surface area (Å²) in [4.78, 5) is 12.7. The van der Waals surface area contributed by atoms with E-state index in [0.717, 1.165) is 4.08 Å². The van der Waals surface area contributed by atoms with Crippen LogP contribution in [0.3, 0.4) is 0 Å². The van der Waals surface area contributed by atoms with E-state index in [1.165, 1.54) is 32.0 Å². The zero-order chi connectivity index (χ0) is 22.0. The number of benzene rings is 1. The van der Waals surface area contributed by atoms with Crippen molar-refractivity contribution in [2.75, 3.05) is 11.2 Å². The van der Waals surface area contributed by atoms with Gasteiger partial charge in [0, 0.05) is 17.3 Å². The summed E-state index contributed by atoms with van der Waals surface area (Å²) in [5, 5.41) is 7.52. The Kier molecular flexibility index (Phi) is 5.62. The third kappa shape index (κ3) is 3.97. The summed E-state index contributed by atoms with van der Waals surface area (Å²) in [5.74, 6) is 0.495. The highest BCUT2D eigenvalue weighted by molar-refractivity contribution is 7.96. The average Bonchev–Trinajstić information content (AvgIpc) is 3.33. The lowest BCUT2D eigenvalue weighted by atomic mass is 10.1. The maximum Gasteiger partial charge on any atom is 0.270 e. The number of aryl methyl sites for hydroxylation is 1. The molecule has 0 bridgehead atoms. The lowest BCUT2D eigenvalue weighted by molar-refractivity contribution is 0.396. The number of nitrogens with zero attached hydrogens (tertiary/aromatic N) is 6. The summed E-state index contributed by atoms with van der Waals surface area (Å²) < 4.78 is 38.2. The highest BCUT2D eigenvalue weighted by Crippen LogP contribution is 2.35. The van der Waals surface area contributed by atoms with Gasteiger partial charge in [0.25, 0.3) is 15.9 Å². The third-order valence-electron chi connectivity index (χ3n) is 4.32. The number of hydrogen-bond donors (Lipinski definition) is 0. The van der Waals surface area contributed by atoms with Crippen LogP contribution < -0.4 is 8.81 Å². The van der Waals surface area contributed by atoms with E-state index in [-0.39, 0.29) is 22.3 Å². The summed E-state index contributed by atoms with van der Waals surface area (Å²) in [5.41, 5.74) is 2.18. The summed E-state index contributed by atoms with van der Waals surface area (Å²) in [7, 11) is -0.499. The van der Waals surface area contributed by atoms with E-state index >= 15 is 0 Å². The molecule has 0 saturated carbocycles. The molecule has 4 aromatic rings. The van der Waals surface area contributed by atoms with Crippen LogP contribution in [0.1, 0.15) is 5.69 Å². The second kappa shape index (κ2) is 8.37. The van der Waals surface area contributed by atoms with E-state index in [0.29, 0.717) is 22.7 Å². The van der Waals surface area contributed by atoms with Gasteiger partial charge in [-0.2, -0.15) is 0 Å². The van der Waals surface area contributed by atoms with E-state index in [9.17, 15) is 8.42 Å². The predicted molar refractivity (Wildman–Crippen MR) is 116 cm³/mol. The minimum Gasteiger partial charge on any atom is -0.478 e. The fourth-order valence-corrected chi connectivity index (χ4v) is 4.59. The van der Waals surface area contributed by atoms with Crippen LogP contribution in [0.5, 0.6) is 5.88 Å². The Hall–Kier alpha value is -3.43.